The fourth-order valence-corrected chi connectivity index (χ4v) is 0.802. The molecule has 0 bridgehead atoms. The van der Waals surface area contributed by atoms with Gasteiger partial charge in [0.1, 0.15) is 0 Å². The average Bonchev–Trinajstić information content (AvgIpc) is 1.93. The van der Waals surface area contributed by atoms with Crippen LogP contribution in [-0.4, -0.2) is 19.6 Å². The Morgan fingerprint density at radius 1 is 1.20 bits per heavy atom. The Morgan fingerprint density at radius 2 is 1.60 bits per heavy atom. The Hall–Kier alpha value is 0.0274. The summed E-state index contributed by atoms with van der Waals surface area (Å²) in [5, 5.41) is 11.5. The van der Waals surface area contributed by atoms with Crippen molar-refractivity contribution in [2.24, 2.45) is 0 Å². The number of nitrogens with one attached hydrogen (secondary N) is 1. The van der Waals surface area contributed by atoms with E-state index in [0.717, 1.165) is 0 Å². The van der Waals surface area contributed by atoms with Gasteiger partial charge < -0.3 is 15.2 Å². The van der Waals surface area contributed by atoms with Crippen LogP contribution in [0, 0.1) is 0 Å². The van der Waals surface area contributed by atoms with Crippen molar-refractivity contribution in [3.05, 3.63) is 0 Å². The van der Waals surface area contributed by atoms with Crippen LogP contribution in [0.5, 0.6) is 0 Å². The average molecular weight is 137 g/mol. The summed E-state index contributed by atoms with van der Waals surface area (Å²) < 4.78 is 0. The molecule has 0 atom stereocenters. The van der Waals surface area contributed by atoms with Crippen LogP contribution in [0.4, 0.5) is 0 Å². The molecule has 0 spiro atoms. The van der Waals surface area contributed by atoms with Crippen molar-refractivity contribution in [2.75, 3.05) is 13.1 Å². The van der Waals surface area contributed by atoms with Crippen molar-refractivity contribution in [1.29, 1.82) is 0 Å². The molecule has 10 heavy (non-hydrogen) atoms. The predicted molar refractivity (Wildman–Crippen MR) is 32.8 cm³/mol. The monoisotopic (exact) mass is 137 g/mol. The molecule has 0 aromatic rings. The molecule has 0 aromatic carbocycles. The summed E-state index contributed by atoms with van der Waals surface area (Å²) in [7, 11) is 0. The molecular weight excluding hydrogens is 125 g/mol. The van der Waals surface area contributed by atoms with Crippen LogP contribution in [0.25, 0.3) is 0 Å². The van der Waals surface area contributed by atoms with Gasteiger partial charge in [0.2, 0.25) is 0 Å². The van der Waals surface area contributed by atoms with E-state index >= 15 is 0 Å². The first-order valence-electron chi connectivity index (χ1n) is 3.18. The van der Waals surface area contributed by atoms with E-state index in [4.69, 9.17) is 9.90 Å². The Bertz CT molecular complexity index is 55.3. The molecule has 4 heteroatoms. The fraction of sp³-hybridized carbons (Fsp3) is 0.833. The third-order valence-corrected chi connectivity index (χ3v) is 1.21. The molecule has 1 N–H and O–H groups in total. The first-order valence-corrected chi connectivity index (χ1v) is 3.18. The molecule has 1 heterocycles. The van der Waals surface area contributed by atoms with Crippen LogP contribution < -0.4 is 29.3 Å². The van der Waals surface area contributed by atoms with E-state index in [1.54, 1.807) is 0 Å². The predicted octanol–water partition coefficient (Wildman–Crippen LogP) is -3.87. The number of carbonyl (C=O) groups is 1. The van der Waals surface area contributed by atoms with Crippen LogP contribution in [0.2, 0.25) is 0 Å². The third-order valence-electron chi connectivity index (χ3n) is 1.21. The minimum Gasteiger partial charge on any atom is -0.554 e. The van der Waals surface area contributed by atoms with Gasteiger partial charge in [-0.2, -0.15) is 0 Å². The Kier molecular flexibility index (Phi) is 14.9. The van der Waals surface area contributed by atoms with Gasteiger partial charge in [0.25, 0.3) is 0 Å². The van der Waals surface area contributed by atoms with Crippen molar-refractivity contribution < 1.29 is 28.8 Å². The van der Waals surface area contributed by atoms with Gasteiger partial charge >= 0.3 is 18.9 Å². The van der Waals surface area contributed by atoms with E-state index in [0.29, 0.717) is 0 Å². The topological polar surface area (TPSA) is 52.2 Å². The summed E-state index contributed by atoms with van der Waals surface area (Å²) in [5.41, 5.74) is 0. The summed E-state index contributed by atoms with van der Waals surface area (Å²) in [4.78, 5) is 8.25. The number of piperidine rings is 1. The Balaban J connectivity index is 0. The first kappa shape index (κ1) is 12.7. The van der Waals surface area contributed by atoms with Crippen molar-refractivity contribution in [3.63, 3.8) is 0 Å². The normalized spacial score (nSPS) is 15.6. The maximum Gasteiger partial charge on any atom is 1.00 e. The van der Waals surface area contributed by atoms with E-state index in [1.165, 1.54) is 32.4 Å². The van der Waals surface area contributed by atoms with Gasteiger partial charge in [-0.05, 0) is 25.9 Å². The standard InChI is InChI=1S/C5H11N.CH2O2.Li/c1-2-4-6-5-3-1;2-1-3;/h6H,1-5H2;1H,(H,2,3);/q;;+1/p-1. The van der Waals surface area contributed by atoms with Gasteiger partial charge in [-0.25, -0.2) is 0 Å². The van der Waals surface area contributed by atoms with Crippen molar-refractivity contribution in [2.45, 2.75) is 19.3 Å². The molecule has 0 radical (unpaired) electrons. The molecule has 1 aliphatic rings. The molecule has 0 aromatic heterocycles. The number of carboxylic acid groups (broad SMARTS) is 1. The number of carbonyl (C=O) groups excluding carboxylic acids is 1. The van der Waals surface area contributed by atoms with Crippen LogP contribution in [0.3, 0.4) is 0 Å². The zero-order valence-corrected chi connectivity index (χ0v) is 6.43. The molecule has 0 saturated carbocycles. The van der Waals surface area contributed by atoms with E-state index < -0.39 is 6.47 Å². The van der Waals surface area contributed by atoms with E-state index in [2.05, 4.69) is 5.32 Å². The van der Waals surface area contributed by atoms with Gasteiger partial charge in [-0.3, -0.25) is 0 Å². The van der Waals surface area contributed by atoms with Gasteiger partial charge in [-0.1, -0.05) is 6.42 Å². The summed E-state index contributed by atoms with van der Waals surface area (Å²) >= 11 is 0. The van der Waals surface area contributed by atoms with Gasteiger partial charge in [0.15, 0.2) is 0 Å². The van der Waals surface area contributed by atoms with Gasteiger partial charge in [-0.15, -0.1) is 0 Å². The van der Waals surface area contributed by atoms with E-state index in [1.807, 2.05) is 0 Å². The zero-order chi connectivity index (χ0) is 6.95. The maximum atomic E-state index is 8.25. The first-order chi connectivity index (χ1) is 4.41. The third kappa shape index (κ3) is 10.9. The second-order valence-electron chi connectivity index (χ2n) is 1.91. The van der Waals surface area contributed by atoms with Crippen LogP contribution >= 0.6 is 0 Å². The summed E-state index contributed by atoms with van der Waals surface area (Å²) in [6.45, 7) is 2.00. The second-order valence-corrected chi connectivity index (χ2v) is 1.91. The number of rotatable bonds is 0. The number of hydrogen-bond acceptors (Lipinski definition) is 3. The van der Waals surface area contributed by atoms with Gasteiger partial charge in [0, 0.05) is 6.47 Å². The molecule has 1 aliphatic heterocycles. The molecule has 1 fully saturated rings. The Morgan fingerprint density at radius 3 is 1.70 bits per heavy atom. The smallest absolute Gasteiger partial charge is 0.554 e. The summed E-state index contributed by atoms with van der Waals surface area (Å²) in [6.07, 6.45) is 4.22. The van der Waals surface area contributed by atoms with E-state index in [9.17, 15) is 0 Å². The number of hydrogen-bond donors (Lipinski definition) is 1. The van der Waals surface area contributed by atoms with Crippen molar-refractivity contribution in [3.8, 4) is 0 Å². The quantitative estimate of drug-likeness (QED) is 0.274. The van der Waals surface area contributed by atoms with Crippen molar-refractivity contribution >= 4 is 6.47 Å². The minimum atomic E-state index is -0.500. The Labute approximate surface area is 73.4 Å². The molecule has 1 rings (SSSR count). The van der Waals surface area contributed by atoms with Crippen LogP contribution in [0.15, 0.2) is 0 Å². The molecule has 0 aliphatic carbocycles. The molecular formula is C6H12LiNO2. The molecule has 0 amide bonds. The van der Waals surface area contributed by atoms with Crippen LogP contribution in [-0.2, 0) is 4.79 Å². The molecule has 0 unspecified atom stereocenters. The second kappa shape index (κ2) is 11.8. The largest absolute Gasteiger partial charge is 1.00 e. The summed E-state index contributed by atoms with van der Waals surface area (Å²) in [5.74, 6) is 0. The van der Waals surface area contributed by atoms with E-state index in [-0.39, 0.29) is 18.9 Å². The molecule has 3 nitrogen and oxygen atoms in total. The fourth-order valence-electron chi connectivity index (χ4n) is 0.802. The van der Waals surface area contributed by atoms with Gasteiger partial charge in [0.05, 0.1) is 0 Å². The summed E-state index contributed by atoms with van der Waals surface area (Å²) in [6, 6.07) is 0. The van der Waals surface area contributed by atoms with Crippen LogP contribution in [0.1, 0.15) is 19.3 Å². The van der Waals surface area contributed by atoms with Crippen molar-refractivity contribution in [1.82, 2.24) is 5.32 Å². The SMILES string of the molecule is C1CCNCC1.O=C[O-].[Li+]. The molecule has 1 saturated heterocycles. The maximum absolute atomic E-state index is 8.25. The zero-order valence-electron chi connectivity index (χ0n) is 6.43. The molecule has 54 valence electrons. The minimum absolute atomic E-state index is 0.